The lowest BCUT2D eigenvalue weighted by Gasteiger charge is -2.38. The van der Waals surface area contributed by atoms with E-state index in [1.165, 1.54) is 34.4 Å². The highest BCUT2D eigenvalue weighted by Crippen LogP contribution is 2.48. The first-order valence-corrected chi connectivity index (χ1v) is 12.3. The molecule has 0 radical (unpaired) electrons. The van der Waals surface area contributed by atoms with Crippen LogP contribution in [0.25, 0.3) is 11.1 Å². The van der Waals surface area contributed by atoms with Crippen molar-refractivity contribution < 1.29 is 14.2 Å². The largest absolute Gasteiger partial charge is 0.487 e. The van der Waals surface area contributed by atoms with E-state index in [1.807, 2.05) is 26.0 Å². The van der Waals surface area contributed by atoms with Crippen LogP contribution in [-0.4, -0.2) is 10.7 Å². The van der Waals surface area contributed by atoms with E-state index in [-0.39, 0.29) is 17.2 Å². The van der Waals surface area contributed by atoms with Crippen LogP contribution in [0.4, 0.5) is 4.39 Å². The van der Waals surface area contributed by atoms with Gasteiger partial charge < -0.3 is 9.84 Å². The van der Waals surface area contributed by atoms with E-state index in [0.29, 0.717) is 6.42 Å². The number of hydrogen-bond donors (Lipinski definition) is 1. The Morgan fingerprint density at radius 2 is 1.65 bits per heavy atom. The van der Waals surface area contributed by atoms with Crippen LogP contribution < -0.4 is 4.74 Å². The van der Waals surface area contributed by atoms with Gasteiger partial charge in [-0.05, 0) is 83.2 Å². The summed E-state index contributed by atoms with van der Waals surface area (Å²) < 4.78 is 20.2. The van der Waals surface area contributed by atoms with E-state index in [0.717, 1.165) is 28.9 Å². The van der Waals surface area contributed by atoms with Gasteiger partial charge in [0.15, 0.2) is 0 Å². The predicted molar refractivity (Wildman–Crippen MR) is 138 cm³/mol. The molecule has 3 heteroatoms. The molecule has 4 rings (SSSR count). The number of aliphatic hydroxyl groups excluding tert-OH is 1. The molecule has 0 amide bonds. The van der Waals surface area contributed by atoms with Gasteiger partial charge in [-0.3, -0.25) is 0 Å². The molecule has 0 spiro atoms. The monoisotopic (exact) mass is 460 g/mol. The Balaban J connectivity index is 1.94. The third-order valence-corrected chi connectivity index (χ3v) is 6.83. The molecule has 1 heterocycles. The molecular weight excluding hydrogens is 423 g/mol. The zero-order valence-corrected chi connectivity index (χ0v) is 21.5. The van der Waals surface area contributed by atoms with Crippen LogP contribution in [0.1, 0.15) is 94.7 Å². The summed E-state index contributed by atoms with van der Waals surface area (Å²) in [4.78, 5) is 0. The average Bonchev–Trinajstić information content (AvgIpc) is 2.73. The van der Waals surface area contributed by atoms with Crippen molar-refractivity contribution in [3.63, 3.8) is 0 Å². The molecule has 1 aliphatic rings. The van der Waals surface area contributed by atoms with Crippen LogP contribution in [0, 0.1) is 5.82 Å². The topological polar surface area (TPSA) is 29.5 Å². The standard InChI is InChI=1S/C31H37FO2/c1-19(2)24-17-27-29(26(33)18-31(6,7)34-27)28(21-10-14-23(32)15-11-21)25(24)16-20-8-12-22(13-9-20)30(3,4)5/h8-15,17,19,26,33H,16,18H2,1-7H3/t26-/m0/s1. The molecule has 0 bridgehead atoms. The van der Waals surface area contributed by atoms with Gasteiger partial charge in [-0.1, -0.05) is 71.0 Å². The second-order valence-corrected chi connectivity index (χ2v) is 11.6. The molecule has 0 fully saturated rings. The van der Waals surface area contributed by atoms with Crippen LogP contribution in [-0.2, 0) is 11.8 Å². The molecule has 0 aliphatic carbocycles. The fourth-order valence-corrected chi connectivity index (χ4v) is 5.04. The molecule has 180 valence electrons. The van der Waals surface area contributed by atoms with Crippen LogP contribution in [0.3, 0.4) is 0 Å². The van der Waals surface area contributed by atoms with Crippen molar-refractivity contribution in [1.29, 1.82) is 0 Å². The third-order valence-electron chi connectivity index (χ3n) is 6.83. The molecule has 3 aromatic rings. The fraction of sp³-hybridized carbons (Fsp3) is 0.419. The van der Waals surface area contributed by atoms with E-state index >= 15 is 0 Å². The summed E-state index contributed by atoms with van der Waals surface area (Å²) in [6.07, 6.45) is 0.588. The molecule has 2 nitrogen and oxygen atoms in total. The van der Waals surface area contributed by atoms with Gasteiger partial charge in [0.2, 0.25) is 0 Å². The molecule has 3 aromatic carbocycles. The minimum absolute atomic E-state index is 0.0982. The van der Waals surface area contributed by atoms with Crippen LogP contribution in [0.2, 0.25) is 0 Å². The van der Waals surface area contributed by atoms with E-state index in [9.17, 15) is 9.50 Å². The summed E-state index contributed by atoms with van der Waals surface area (Å²) in [5, 5.41) is 11.3. The Morgan fingerprint density at radius 1 is 1.03 bits per heavy atom. The Hall–Kier alpha value is -2.65. The van der Waals surface area contributed by atoms with Crippen molar-refractivity contribution in [2.45, 2.75) is 84.3 Å². The summed E-state index contributed by atoms with van der Waals surface area (Å²) in [6.45, 7) is 15.1. The zero-order valence-electron chi connectivity index (χ0n) is 21.5. The van der Waals surface area contributed by atoms with E-state index in [1.54, 1.807) is 0 Å². The first-order chi connectivity index (χ1) is 15.9. The highest BCUT2D eigenvalue weighted by atomic mass is 19.1. The number of benzene rings is 3. The minimum Gasteiger partial charge on any atom is -0.487 e. The molecule has 0 saturated carbocycles. The van der Waals surface area contributed by atoms with Crippen LogP contribution in [0.5, 0.6) is 5.75 Å². The van der Waals surface area contributed by atoms with Crippen molar-refractivity contribution >= 4 is 0 Å². The van der Waals surface area contributed by atoms with Crippen molar-refractivity contribution in [2.75, 3.05) is 0 Å². The van der Waals surface area contributed by atoms with E-state index < -0.39 is 11.7 Å². The normalized spacial score (nSPS) is 17.4. The van der Waals surface area contributed by atoms with Gasteiger partial charge in [0.1, 0.15) is 17.2 Å². The molecule has 34 heavy (non-hydrogen) atoms. The second kappa shape index (κ2) is 8.85. The van der Waals surface area contributed by atoms with E-state index in [2.05, 4.69) is 65.0 Å². The summed E-state index contributed by atoms with van der Waals surface area (Å²) in [5.74, 6) is 0.729. The van der Waals surface area contributed by atoms with Gasteiger partial charge in [-0.25, -0.2) is 4.39 Å². The first-order valence-electron chi connectivity index (χ1n) is 12.3. The summed E-state index contributed by atoms with van der Waals surface area (Å²) in [7, 11) is 0. The van der Waals surface area contributed by atoms with Crippen LogP contribution in [0.15, 0.2) is 54.6 Å². The SMILES string of the molecule is CC(C)c1cc2c(c(-c3ccc(F)cc3)c1Cc1ccc(C(C)(C)C)cc1)[C@@H](O)CC(C)(C)O2. The van der Waals surface area contributed by atoms with E-state index in [4.69, 9.17) is 4.74 Å². The Kier molecular flexibility index (Phi) is 6.37. The highest BCUT2D eigenvalue weighted by Gasteiger charge is 2.36. The number of aliphatic hydroxyl groups is 1. The lowest BCUT2D eigenvalue weighted by molar-refractivity contribution is 0.0118. The number of hydrogen-bond acceptors (Lipinski definition) is 2. The maximum atomic E-state index is 13.8. The van der Waals surface area contributed by atoms with Crippen LogP contribution >= 0.6 is 0 Å². The van der Waals surface area contributed by atoms with Gasteiger partial charge in [-0.15, -0.1) is 0 Å². The van der Waals surface area contributed by atoms with Crippen molar-refractivity contribution in [1.82, 2.24) is 0 Å². The predicted octanol–water partition coefficient (Wildman–Crippen LogP) is 8.10. The second-order valence-electron chi connectivity index (χ2n) is 11.6. The average molecular weight is 461 g/mol. The summed E-state index contributed by atoms with van der Waals surface area (Å²) in [6, 6.07) is 17.6. The maximum Gasteiger partial charge on any atom is 0.126 e. The van der Waals surface area contributed by atoms with Gasteiger partial charge in [0.05, 0.1) is 6.10 Å². The van der Waals surface area contributed by atoms with Gasteiger partial charge in [0.25, 0.3) is 0 Å². The summed E-state index contributed by atoms with van der Waals surface area (Å²) >= 11 is 0. The minimum atomic E-state index is -0.651. The van der Waals surface area contributed by atoms with Gasteiger partial charge >= 0.3 is 0 Å². The van der Waals surface area contributed by atoms with Crippen molar-refractivity contribution in [3.8, 4) is 16.9 Å². The smallest absolute Gasteiger partial charge is 0.126 e. The molecule has 0 unspecified atom stereocenters. The first kappa shape index (κ1) is 24.5. The number of rotatable bonds is 4. The Morgan fingerprint density at radius 3 is 2.21 bits per heavy atom. The molecule has 0 aromatic heterocycles. The van der Waals surface area contributed by atoms with Crippen molar-refractivity contribution in [2.24, 2.45) is 0 Å². The number of ether oxygens (including phenoxy) is 1. The Bertz CT molecular complexity index is 1170. The third kappa shape index (κ3) is 4.90. The number of fused-ring (bicyclic) bond motifs is 1. The van der Waals surface area contributed by atoms with Gasteiger partial charge in [0, 0.05) is 12.0 Å². The lowest BCUT2D eigenvalue weighted by atomic mass is 9.79. The molecule has 1 atom stereocenters. The quantitative estimate of drug-likeness (QED) is 0.426. The summed E-state index contributed by atoms with van der Waals surface area (Å²) in [5.41, 5.74) is 7.23. The molecule has 0 saturated heterocycles. The fourth-order valence-electron chi connectivity index (χ4n) is 5.04. The van der Waals surface area contributed by atoms with Crippen molar-refractivity contribution in [3.05, 3.63) is 88.2 Å². The highest BCUT2D eigenvalue weighted by molar-refractivity contribution is 5.77. The Labute approximate surface area is 203 Å². The van der Waals surface area contributed by atoms with Gasteiger partial charge in [-0.2, -0.15) is 0 Å². The zero-order chi connectivity index (χ0) is 24.8. The lowest BCUT2D eigenvalue weighted by Crippen LogP contribution is -2.35. The molecule has 1 N–H and O–H groups in total. The molecule has 1 aliphatic heterocycles. The molecular formula is C31H37FO2. The number of halogens is 1. The maximum absolute atomic E-state index is 13.8.